The molecule has 3 rings (SSSR count). The lowest BCUT2D eigenvalue weighted by Gasteiger charge is -2.22. The Bertz CT molecular complexity index is 992. The first-order valence-electron chi connectivity index (χ1n) is 9.24. The van der Waals surface area contributed by atoms with E-state index in [9.17, 15) is 8.42 Å². The molecule has 2 aromatic heterocycles. The average Bonchev–Trinajstić information content (AvgIpc) is 3.32. The summed E-state index contributed by atoms with van der Waals surface area (Å²) in [5, 5.41) is 5.91. The maximum absolute atomic E-state index is 13.2. The molecule has 0 spiro atoms. The van der Waals surface area contributed by atoms with E-state index in [2.05, 4.69) is 24.0 Å². The SMILES string of the molecule is CC(C)CN(Cc1nc(-c2cccs2)no1)S(=O)(=O)c1ccc(C(C)C)cc1. The van der Waals surface area contributed by atoms with Crippen LogP contribution in [-0.4, -0.2) is 29.4 Å². The zero-order valence-corrected chi connectivity index (χ0v) is 18.1. The van der Waals surface area contributed by atoms with Crippen LogP contribution in [0.1, 0.15) is 45.1 Å². The van der Waals surface area contributed by atoms with Crippen LogP contribution in [-0.2, 0) is 16.6 Å². The number of hydrogen-bond donors (Lipinski definition) is 0. The van der Waals surface area contributed by atoms with Crippen LogP contribution < -0.4 is 0 Å². The molecule has 28 heavy (non-hydrogen) atoms. The molecule has 150 valence electrons. The molecular formula is C20H25N3O3S2. The molecule has 0 atom stereocenters. The van der Waals surface area contributed by atoms with Crippen molar-refractivity contribution >= 4 is 21.4 Å². The third-order valence-electron chi connectivity index (χ3n) is 4.27. The van der Waals surface area contributed by atoms with E-state index in [4.69, 9.17) is 4.52 Å². The molecule has 0 unspecified atom stereocenters. The largest absolute Gasteiger partial charge is 0.337 e. The van der Waals surface area contributed by atoms with Crippen molar-refractivity contribution in [1.82, 2.24) is 14.4 Å². The Balaban J connectivity index is 1.86. The van der Waals surface area contributed by atoms with Crippen LogP contribution in [0.15, 0.2) is 51.2 Å². The maximum Gasteiger partial charge on any atom is 0.243 e. The first-order valence-corrected chi connectivity index (χ1v) is 11.6. The fraction of sp³-hybridized carbons (Fsp3) is 0.400. The smallest absolute Gasteiger partial charge is 0.243 e. The standard InChI is InChI=1S/C20H25N3O3S2/c1-14(2)12-23(13-19-21-20(22-26-19)18-6-5-11-27-18)28(24,25)17-9-7-16(8-10-17)15(3)4/h5-11,14-15H,12-13H2,1-4H3. The minimum atomic E-state index is -3.67. The van der Waals surface area contributed by atoms with Crippen LogP contribution in [0, 0.1) is 5.92 Å². The van der Waals surface area contributed by atoms with Crippen LogP contribution in [0.25, 0.3) is 10.7 Å². The Kier molecular flexibility index (Phi) is 6.32. The molecule has 0 saturated carbocycles. The zero-order chi connectivity index (χ0) is 20.3. The van der Waals surface area contributed by atoms with E-state index in [1.54, 1.807) is 12.1 Å². The molecule has 8 heteroatoms. The van der Waals surface area contributed by atoms with Crippen LogP contribution in [0.2, 0.25) is 0 Å². The number of nitrogens with zero attached hydrogens (tertiary/aromatic N) is 3. The van der Waals surface area contributed by atoms with E-state index in [0.717, 1.165) is 10.4 Å². The topological polar surface area (TPSA) is 76.3 Å². The van der Waals surface area contributed by atoms with Gasteiger partial charge in [0.15, 0.2) is 0 Å². The van der Waals surface area contributed by atoms with Crippen molar-refractivity contribution in [2.45, 2.75) is 45.1 Å². The Morgan fingerprint density at radius 3 is 2.39 bits per heavy atom. The number of benzene rings is 1. The van der Waals surface area contributed by atoms with Gasteiger partial charge in [-0.25, -0.2) is 8.42 Å². The normalized spacial score (nSPS) is 12.4. The molecule has 0 bridgehead atoms. The average molecular weight is 420 g/mol. The van der Waals surface area contributed by atoms with Crippen molar-refractivity contribution in [3.63, 3.8) is 0 Å². The monoisotopic (exact) mass is 419 g/mol. The van der Waals surface area contributed by atoms with Gasteiger partial charge in [0.25, 0.3) is 0 Å². The summed E-state index contributed by atoms with van der Waals surface area (Å²) in [6, 6.07) is 10.9. The van der Waals surface area contributed by atoms with Gasteiger partial charge in [-0.3, -0.25) is 0 Å². The molecule has 0 saturated heterocycles. The molecule has 2 heterocycles. The Labute approximate surface area is 170 Å². The second kappa shape index (κ2) is 8.55. The Morgan fingerprint density at radius 1 is 1.11 bits per heavy atom. The highest BCUT2D eigenvalue weighted by Gasteiger charge is 2.27. The van der Waals surface area contributed by atoms with Crippen molar-refractivity contribution in [2.75, 3.05) is 6.54 Å². The molecule has 0 aliphatic carbocycles. The number of thiophene rings is 1. The first kappa shape index (κ1) is 20.7. The third-order valence-corrected chi connectivity index (χ3v) is 6.97. The minimum absolute atomic E-state index is 0.0464. The third kappa shape index (κ3) is 4.68. The van der Waals surface area contributed by atoms with Crippen molar-refractivity contribution in [1.29, 1.82) is 0 Å². The van der Waals surface area contributed by atoms with Gasteiger partial charge in [-0.1, -0.05) is 51.1 Å². The predicted octanol–water partition coefficient (Wildman–Crippen LogP) is 4.77. The van der Waals surface area contributed by atoms with Gasteiger partial charge >= 0.3 is 0 Å². The van der Waals surface area contributed by atoms with Crippen LogP contribution in [0.4, 0.5) is 0 Å². The molecule has 0 aliphatic rings. The van der Waals surface area contributed by atoms with Gasteiger partial charge in [0.2, 0.25) is 21.7 Å². The molecule has 0 amide bonds. The van der Waals surface area contributed by atoms with Crippen molar-refractivity contribution in [3.05, 3.63) is 53.2 Å². The fourth-order valence-electron chi connectivity index (χ4n) is 2.80. The highest BCUT2D eigenvalue weighted by Crippen LogP contribution is 2.24. The number of aromatic nitrogens is 2. The van der Waals surface area contributed by atoms with E-state index in [1.807, 2.05) is 43.5 Å². The van der Waals surface area contributed by atoms with Crippen LogP contribution in [0.3, 0.4) is 0 Å². The number of rotatable bonds is 8. The van der Waals surface area contributed by atoms with Gasteiger partial charge < -0.3 is 4.52 Å². The molecule has 6 nitrogen and oxygen atoms in total. The Hall–Kier alpha value is -2.03. The summed E-state index contributed by atoms with van der Waals surface area (Å²) in [4.78, 5) is 5.53. The number of hydrogen-bond acceptors (Lipinski definition) is 6. The van der Waals surface area contributed by atoms with Crippen LogP contribution in [0.5, 0.6) is 0 Å². The molecular weight excluding hydrogens is 394 g/mol. The van der Waals surface area contributed by atoms with Gasteiger partial charge in [-0.15, -0.1) is 11.3 Å². The van der Waals surface area contributed by atoms with Gasteiger partial charge in [0.1, 0.15) is 0 Å². The number of sulfonamides is 1. The summed E-state index contributed by atoms with van der Waals surface area (Å²) in [6.07, 6.45) is 0. The molecule has 0 N–H and O–H groups in total. The van der Waals surface area contributed by atoms with Gasteiger partial charge in [0.05, 0.1) is 16.3 Å². The molecule has 0 aliphatic heterocycles. The summed E-state index contributed by atoms with van der Waals surface area (Å²) in [5.74, 6) is 1.27. The molecule has 0 radical (unpaired) electrons. The first-order chi connectivity index (χ1) is 13.3. The summed E-state index contributed by atoms with van der Waals surface area (Å²) < 4.78 is 33.2. The molecule has 0 fully saturated rings. The highest BCUT2D eigenvalue weighted by atomic mass is 32.2. The van der Waals surface area contributed by atoms with Gasteiger partial charge in [-0.2, -0.15) is 9.29 Å². The van der Waals surface area contributed by atoms with Gasteiger partial charge in [-0.05, 0) is 41.0 Å². The summed E-state index contributed by atoms with van der Waals surface area (Å²) in [5.41, 5.74) is 1.10. The van der Waals surface area contributed by atoms with Crippen molar-refractivity contribution in [3.8, 4) is 10.7 Å². The zero-order valence-electron chi connectivity index (χ0n) is 16.5. The maximum atomic E-state index is 13.2. The summed E-state index contributed by atoms with van der Waals surface area (Å²) >= 11 is 1.51. The highest BCUT2D eigenvalue weighted by molar-refractivity contribution is 7.89. The second-order valence-corrected chi connectivity index (χ2v) is 10.3. The summed E-state index contributed by atoms with van der Waals surface area (Å²) in [7, 11) is -3.67. The van der Waals surface area contributed by atoms with E-state index in [-0.39, 0.29) is 23.2 Å². The Morgan fingerprint density at radius 2 is 1.82 bits per heavy atom. The summed E-state index contributed by atoms with van der Waals surface area (Å²) in [6.45, 7) is 8.53. The van der Waals surface area contributed by atoms with Crippen molar-refractivity contribution < 1.29 is 12.9 Å². The van der Waals surface area contributed by atoms with E-state index in [0.29, 0.717) is 18.3 Å². The minimum Gasteiger partial charge on any atom is -0.337 e. The quantitative estimate of drug-likeness (QED) is 0.526. The van der Waals surface area contributed by atoms with Crippen molar-refractivity contribution in [2.24, 2.45) is 5.92 Å². The van der Waals surface area contributed by atoms with Gasteiger partial charge in [0, 0.05) is 6.54 Å². The van der Waals surface area contributed by atoms with Crippen LogP contribution >= 0.6 is 11.3 Å². The lowest BCUT2D eigenvalue weighted by molar-refractivity contribution is 0.298. The van der Waals surface area contributed by atoms with E-state index in [1.165, 1.54) is 15.6 Å². The lowest BCUT2D eigenvalue weighted by Crippen LogP contribution is -2.34. The van der Waals surface area contributed by atoms with E-state index < -0.39 is 10.0 Å². The predicted molar refractivity (Wildman–Crippen MR) is 111 cm³/mol. The molecule has 1 aromatic carbocycles. The fourth-order valence-corrected chi connectivity index (χ4v) is 5.01. The second-order valence-electron chi connectivity index (χ2n) is 7.40. The molecule has 3 aromatic rings. The lowest BCUT2D eigenvalue weighted by atomic mass is 10.0. The van der Waals surface area contributed by atoms with E-state index >= 15 is 0 Å².